The number of unbranched alkanes of at least 4 members (excludes halogenated alkanes) is 1. The number of carbonyl (C=O) groups is 2. The van der Waals surface area contributed by atoms with Crippen molar-refractivity contribution < 1.29 is 14.3 Å². The number of Topliss-reactive ketones (excluding diaryl/α,β-unsaturated/α-hetero) is 1. The summed E-state index contributed by atoms with van der Waals surface area (Å²) in [7, 11) is 0. The largest absolute Gasteiger partial charge is 0.488 e. The molecule has 1 aliphatic heterocycles. The van der Waals surface area contributed by atoms with Crippen LogP contribution in [0.5, 0.6) is 5.75 Å². The number of hydrogen-bond donors (Lipinski definition) is 1. The maximum Gasteiger partial charge on any atom is 0.245 e. The van der Waals surface area contributed by atoms with Crippen LogP contribution in [0.1, 0.15) is 35.8 Å². The first-order chi connectivity index (χ1) is 15.5. The molecule has 1 N–H and O–H groups in total. The van der Waals surface area contributed by atoms with E-state index in [1.807, 2.05) is 37.3 Å². The average Bonchev–Trinajstić information content (AvgIpc) is 3.20. The molecule has 0 aliphatic carbocycles. The van der Waals surface area contributed by atoms with E-state index in [9.17, 15) is 14.9 Å². The Morgan fingerprint density at radius 2 is 2.00 bits per heavy atom. The lowest BCUT2D eigenvalue weighted by Crippen LogP contribution is -2.35. The standard InChI is InChI=1S/C24H21ClN4O3/c1-2-3-12-27-24(31)18(13-26)23(30)21-19-14-32-20-7-5-4-6-17(20)22(19)29(28-21)16-10-8-15(25)9-11-16/h4-11,18H,2-3,12,14H2,1H3,(H,27,31). The molecule has 2 heterocycles. The number of amides is 1. The van der Waals surface area contributed by atoms with Crippen molar-refractivity contribution in [2.45, 2.75) is 26.4 Å². The van der Waals surface area contributed by atoms with Gasteiger partial charge in [-0.3, -0.25) is 9.59 Å². The Labute approximate surface area is 190 Å². The van der Waals surface area contributed by atoms with Gasteiger partial charge in [0.2, 0.25) is 11.7 Å². The topological polar surface area (TPSA) is 97.0 Å². The minimum atomic E-state index is -1.48. The summed E-state index contributed by atoms with van der Waals surface area (Å²) in [5.74, 6) is -2.07. The van der Waals surface area contributed by atoms with E-state index in [2.05, 4.69) is 10.4 Å². The molecule has 0 radical (unpaired) electrons. The van der Waals surface area contributed by atoms with E-state index < -0.39 is 17.6 Å². The number of ether oxygens (including phenoxy) is 1. The van der Waals surface area contributed by atoms with Crippen LogP contribution in [-0.4, -0.2) is 28.0 Å². The lowest BCUT2D eigenvalue weighted by molar-refractivity contribution is -0.122. The number of benzene rings is 2. The first kappa shape index (κ1) is 21.6. The van der Waals surface area contributed by atoms with Gasteiger partial charge in [-0.25, -0.2) is 4.68 Å². The SMILES string of the molecule is CCCCNC(=O)C(C#N)C(=O)c1nn(-c2ccc(Cl)cc2)c2c1COc1ccccc1-2. The number of ketones is 1. The maximum atomic E-state index is 13.3. The van der Waals surface area contributed by atoms with Crippen LogP contribution < -0.4 is 10.1 Å². The smallest absolute Gasteiger partial charge is 0.245 e. The Balaban J connectivity index is 1.81. The first-order valence-corrected chi connectivity index (χ1v) is 10.7. The van der Waals surface area contributed by atoms with E-state index in [4.69, 9.17) is 16.3 Å². The van der Waals surface area contributed by atoms with Gasteiger partial charge in [-0.05, 0) is 42.8 Å². The highest BCUT2D eigenvalue weighted by atomic mass is 35.5. The molecule has 0 saturated heterocycles. The third kappa shape index (κ3) is 3.97. The molecule has 0 saturated carbocycles. The Kier molecular flexibility index (Phi) is 6.24. The van der Waals surface area contributed by atoms with E-state index in [0.29, 0.717) is 34.3 Å². The van der Waals surface area contributed by atoms with Crippen LogP contribution in [0.25, 0.3) is 16.9 Å². The fourth-order valence-electron chi connectivity index (χ4n) is 3.63. The van der Waals surface area contributed by atoms with Gasteiger partial charge in [-0.15, -0.1) is 0 Å². The monoisotopic (exact) mass is 448 g/mol. The van der Waals surface area contributed by atoms with Crippen LogP contribution in [0.2, 0.25) is 5.02 Å². The van der Waals surface area contributed by atoms with Gasteiger partial charge < -0.3 is 10.1 Å². The molecule has 4 rings (SSSR count). The Hall–Kier alpha value is -3.63. The van der Waals surface area contributed by atoms with Crippen molar-refractivity contribution in [2.24, 2.45) is 5.92 Å². The normalized spacial score (nSPS) is 12.7. The summed E-state index contributed by atoms with van der Waals surface area (Å²) in [6, 6.07) is 16.4. The summed E-state index contributed by atoms with van der Waals surface area (Å²) < 4.78 is 7.49. The minimum Gasteiger partial charge on any atom is -0.488 e. The minimum absolute atomic E-state index is 0.0571. The molecule has 32 heavy (non-hydrogen) atoms. The molecule has 2 aromatic carbocycles. The number of hydrogen-bond acceptors (Lipinski definition) is 5. The van der Waals surface area contributed by atoms with E-state index >= 15 is 0 Å². The Bertz CT molecular complexity index is 1210. The summed E-state index contributed by atoms with van der Waals surface area (Å²) >= 11 is 6.04. The zero-order valence-corrected chi connectivity index (χ0v) is 18.2. The van der Waals surface area contributed by atoms with Crippen LogP contribution in [-0.2, 0) is 11.4 Å². The van der Waals surface area contributed by atoms with E-state index in [1.54, 1.807) is 28.9 Å². The van der Waals surface area contributed by atoms with Gasteiger partial charge in [0, 0.05) is 22.7 Å². The average molecular weight is 449 g/mol. The molecule has 3 aromatic rings. The molecule has 7 nitrogen and oxygen atoms in total. The molecule has 0 spiro atoms. The maximum absolute atomic E-state index is 13.3. The molecular weight excluding hydrogens is 428 g/mol. The number of carbonyl (C=O) groups excluding carboxylic acids is 2. The second kappa shape index (κ2) is 9.25. The van der Waals surface area contributed by atoms with Gasteiger partial charge in [0.05, 0.1) is 17.5 Å². The van der Waals surface area contributed by atoms with Crippen LogP contribution in [0.15, 0.2) is 48.5 Å². The molecule has 1 unspecified atom stereocenters. The summed E-state index contributed by atoms with van der Waals surface area (Å²) in [5.41, 5.74) is 2.77. The van der Waals surface area contributed by atoms with Crippen molar-refractivity contribution in [1.82, 2.24) is 15.1 Å². The molecule has 8 heteroatoms. The molecule has 1 aromatic heterocycles. The third-order valence-electron chi connectivity index (χ3n) is 5.29. The number of nitrogens with zero attached hydrogens (tertiary/aromatic N) is 3. The van der Waals surface area contributed by atoms with Gasteiger partial charge in [0.1, 0.15) is 18.1 Å². The van der Waals surface area contributed by atoms with Crippen LogP contribution >= 0.6 is 11.6 Å². The molecule has 1 amide bonds. The molecule has 162 valence electrons. The van der Waals surface area contributed by atoms with Gasteiger partial charge in [0.25, 0.3) is 0 Å². The van der Waals surface area contributed by atoms with Crippen molar-refractivity contribution in [3.05, 3.63) is 64.8 Å². The van der Waals surface area contributed by atoms with Crippen molar-refractivity contribution in [2.75, 3.05) is 6.54 Å². The van der Waals surface area contributed by atoms with Crippen molar-refractivity contribution in [1.29, 1.82) is 5.26 Å². The summed E-state index contributed by atoms with van der Waals surface area (Å²) in [5, 5.41) is 17.4. The number of fused-ring (bicyclic) bond motifs is 3. The van der Waals surface area contributed by atoms with Crippen LogP contribution in [0, 0.1) is 17.2 Å². The second-order valence-electron chi connectivity index (χ2n) is 7.42. The van der Waals surface area contributed by atoms with Crippen molar-refractivity contribution in [3.8, 4) is 28.8 Å². The molecule has 0 bridgehead atoms. The summed E-state index contributed by atoms with van der Waals surface area (Å²) in [6.07, 6.45) is 1.66. The van der Waals surface area contributed by atoms with E-state index in [-0.39, 0.29) is 12.3 Å². The molecule has 1 atom stereocenters. The number of nitriles is 1. The van der Waals surface area contributed by atoms with Gasteiger partial charge >= 0.3 is 0 Å². The molecule has 0 fully saturated rings. The van der Waals surface area contributed by atoms with Crippen LogP contribution in [0.3, 0.4) is 0 Å². The zero-order valence-electron chi connectivity index (χ0n) is 17.5. The zero-order chi connectivity index (χ0) is 22.7. The highest BCUT2D eigenvalue weighted by Gasteiger charge is 2.35. The number of nitrogens with one attached hydrogen (secondary N) is 1. The third-order valence-corrected chi connectivity index (χ3v) is 5.54. The van der Waals surface area contributed by atoms with Crippen LogP contribution in [0.4, 0.5) is 0 Å². The van der Waals surface area contributed by atoms with Gasteiger partial charge in [-0.2, -0.15) is 10.4 Å². The van der Waals surface area contributed by atoms with Gasteiger partial charge in [-0.1, -0.05) is 37.1 Å². The molecular formula is C24H21ClN4O3. The predicted molar refractivity (Wildman–Crippen MR) is 120 cm³/mol. The highest BCUT2D eigenvalue weighted by molar-refractivity contribution is 6.30. The summed E-state index contributed by atoms with van der Waals surface area (Å²) in [4.78, 5) is 25.8. The predicted octanol–water partition coefficient (Wildman–Crippen LogP) is 4.32. The number of para-hydroxylation sites is 1. The Morgan fingerprint density at radius 3 is 2.72 bits per heavy atom. The first-order valence-electron chi connectivity index (χ1n) is 10.4. The van der Waals surface area contributed by atoms with Gasteiger partial charge in [0.15, 0.2) is 5.92 Å². The summed E-state index contributed by atoms with van der Waals surface area (Å²) in [6.45, 7) is 2.51. The fourth-order valence-corrected chi connectivity index (χ4v) is 3.76. The fraction of sp³-hybridized carbons (Fsp3) is 0.250. The second-order valence-corrected chi connectivity index (χ2v) is 7.86. The van der Waals surface area contributed by atoms with Crippen molar-refractivity contribution >= 4 is 23.3 Å². The quantitative estimate of drug-likeness (QED) is 0.329. The number of aromatic nitrogens is 2. The lowest BCUT2D eigenvalue weighted by Gasteiger charge is -2.19. The van der Waals surface area contributed by atoms with Crippen molar-refractivity contribution in [3.63, 3.8) is 0 Å². The lowest BCUT2D eigenvalue weighted by atomic mass is 9.96. The molecule has 1 aliphatic rings. The van der Waals surface area contributed by atoms with E-state index in [0.717, 1.165) is 18.4 Å². The number of halogens is 1. The van der Waals surface area contributed by atoms with E-state index in [1.165, 1.54) is 0 Å². The number of rotatable bonds is 7. The highest BCUT2D eigenvalue weighted by Crippen LogP contribution is 2.40. The Morgan fingerprint density at radius 1 is 1.25 bits per heavy atom.